The van der Waals surface area contributed by atoms with E-state index < -0.39 is 0 Å². The maximum Gasteiger partial charge on any atom is 0.208 e. The lowest BCUT2D eigenvalue weighted by molar-refractivity contribution is 0.591. The molecule has 112 valence electrons. The minimum absolute atomic E-state index is 0.293. The van der Waals surface area contributed by atoms with Crippen LogP contribution in [-0.2, 0) is 0 Å². The van der Waals surface area contributed by atoms with Crippen molar-refractivity contribution >= 4 is 11.6 Å². The van der Waals surface area contributed by atoms with Crippen LogP contribution in [0.2, 0.25) is 0 Å². The summed E-state index contributed by atoms with van der Waals surface area (Å²) in [5.74, 6) is 0.559. The van der Waals surface area contributed by atoms with E-state index in [9.17, 15) is 4.39 Å². The van der Waals surface area contributed by atoms with Crippen molar-refractivity contribution in [3.63, 3.8) is 0 Å². The molecule has 0 aromatic carbocycles. The Bertz CT molecular complexity index is 546. The fraction of sp³-hybridized carbons (Fsp3) is 0.500. The summed E-state index contributed by atoms with van der Waals surface area (Å²) in [6, 6.07) is 0. The number of anilines is 2. The third-order valence-corrected chi connectivity index (χ3v) is 4.22. The van der Waals surface area contributed by atoms with Gasteiger partial charge in [-0.3, -0.25) is 0 Å². The van der Waals surface area contributed by atoms with Crippen LogP contribution in [0.1, 0.15) is 26.7 Å². The molecule has 0 atom stereocenters. The van der Waals surface area contributed by atoms with Crippen LogP contribution in [0.25, 0.3) is 0 Å². The maximum absolute atomic E-state index is 14.8. The first kappa shape index (κ1) is 14.0. The summed E-state index contributed by atoms with van der Waals surface area (Å²) in [6.07, 6.45) is 7.67. The summed E-state index contributed by atoms with van der Waals surface area (Å²) < 4.78 is 14.8. The Kier molecular flexibility index (Phi) is 3.90. The normalized spacial score (nSPS) is 19.4. The lowest BCUT2D eigenvalue weighted by Gasteiger charge is -2.30. The molecule has 3 rings (SSSR count). The van der Waals surface area contributed by atoms with E-state index in [0.29, 0.717) is 11.6 Å². The van der Waals surface area contributed by atoms with Crippen molar-refractivity contribution in [2.24, 2.45) is 0 Å². The topological polar surface area (TPSA) is 32.3 Å². The SMILES string of the molecule is CC1=CCN(c2ncnc(N3CC=C(C)CC3)c2F)CC1. The van der Waals surface area contributed by atoms with Gasteiger partial charge in [0, 0.05) is 26.2 Å². The highest BCUT2D eigenvalue weighted by atomic mass is 19.1. The fourth-order valence-corrected chi connectivity index (χ4v) is 2.72. The third kappa shape index (κ3) is 2.91. The molecule has 0 N–H and O–H groups in total. The van der Waals surface area contributed by atoms with E-state index in [2.05, 4.69) is 36.0 Å². The first-order valence-corrected chi connectivity index (χ1v) is 7.47. The molecule has 0 amide bonds. The van der Waals surface area contributed by atoms with Crippen molar-refractivity contribution in [3.05, 3.63) is 35.4 Å². The quantitative estimate of drug-likeness (QED) is 0.783. The first-order valence-electron chi connectivity index (χ1n) is 7.47. The van der Waals surface area contributed by atoms with Crippen molar-refractivity contribution in [1.82, 2.24) is 9.97 Å². The molecule has 0 saturated heterocycles. The van der Waals surface area contributed by atoms with E-state index >= 15 is 0 Å². The van der Waals surface area contributed by atoms with Crippen LogP contribution in [0.4, 0.5) is 16.0 Å². The van der Waals surface area contributed by atoms with Crippen molar-refractivity contribution < 1.29 is 4.39 Å². The monoisotopic (exact) mass is 288 g/mol. The van der Waals surface area contributed by atoms with Gasteiger partial charge < -0.3 is 9.80 Å². The largest absolute Gasteiger partial charge is 0.350 e. The molecule has 1 aromatic rings. The summed E-state index contributed by atoms with van der Waals surface area (Å²) in [4.78, 5) is 12.3. The smallest absolute Gasteiger partial charge is 0.208 e. The van der Waals surface area contributed by atoms with E-state index in [0.717, 1.165) is 39.0 Å². The minimum Gasteiger partial charge on any atom is -0.350 e. The Labute approximate surface area is 125 Å². The van der Waals surface area contributed by atoms with E-state index in [1.54, 1.807) is 0 Å². The van der Waals surface area contributed by atoms with Gasteiger partial charge in [-0.15, -0.1) is 0 Å². The van der Waals surface area contributed by atoms with Gasteiger partial charge in [-0.2, -0.15) is 4.39 Å². The lowest BCUT2D eigenvalue weighted by Crippen LogP contribution is -2.33. The second-order valence-corrected chi connectivity index (χ2v) is 5.83. The van der Waals surface area contributed by atoms with Gasteiger partial charge in [0.15, 0.2) is 11.6 Å². The molecule has 0 spiro atoms. The van der Waals surface area contributed by atoms with E-state index in [4.69, 9.17) is 0 Å². The Morgan fingerprint density at radius 3 is 1.76 bits per heavy atom. The van der Waals surface area contributed by atoms with Crippen LogP contribution in [0.15, 0.2) is 29.6 Å². The molecule has 2 aliphatic heterocycles. The van der Waals surface area contributed by atoms with Gasteiger partial charge in [0.25, 0.3) is 0 Å². The van der Waals surface area contributed by atoms with Gasteiger partial charge in [0.1, 0.15) is 6.33 Å². The molecule has 0 aliphatic carbocycles. The third-order valence-electron chi connectivity index (χ3n) is 4.22. The molecular formula is C16H21FN4. The zero-order valence-corrected chi connectivity index (χ0v) is 12.6. The molecule has 0 fully saturated rings. The molecular weight excluding hydrogens is 267 g/mol. The van der Waals surface area contributed by atoms with Crippen LogP contribution in [0.3, 0.4) is 0 Å². The average Bonchev–Trinajstić information content (AvgIpc) is 2.50. The minimum atomic E-state index is -0.293. The zero-order valence-electron chi connectivity index (χ0n) is 12.6. The number of hydrogen-bond acceptors (Lipinski definition) is 4. The summed E-state index contributed by atoms with van der Waals surface area (Å²) >= 11 is 0. The van der Waals surface area contributed by atoms with Gasteiger partial charge in [0.05, 0.1) is 0 Å². The highest BCUT2D eigenvalue weighted by Crippen LogP contribution is 2.27. The molecule has 21 heavy (non-hydrogen) atoms. The van der Waals surface area contributed by atoms with Crippen LogP contribution >= 0.6 is 0 Å². The van der Waals surface area contributed by atoms with Crippen molar-refractivity contribution in [2.75, 3.05) is 36.0 Å². The number of hydrogen-bond donors (Lipinski definition) is 0. The van der Waals surface area contributed by atoms with Gasteiger partial charge in [-0.1, -0.05) is 23.3 Å². The van der Waals surface area contributed by atoms with E-state index in [1.807, 2.05) is 9.80 Å². The molecule has 1 aromatic heterocycles. The maximum atomic E-state index is 14.8. The summed E-state index contributed by atoms with van der Waals surface area (Å²) in [6.45, 7) is 7.29. The molecule has 0 bridgehead atoms. The Balaban J connectivity index is 1.85. The number of nitrogens with zero attached hydrogens (tertiary/aromatic N) is 4. The van der Waals surface area contributed by atoms with E-state index in [1.165, 1.54) is 17.5 Å². The number of halogens is 1. The fourth-order valence-electron chi connectivity index (χ4n) is 2.72. The van der Waals surface area contributed by atoms with Crippen LogP contribution in [-0.4, -0.2) is 36.1 Å². The number of aromatic nitrogens is 2. The predicted octanol–water partition coefficient (Wildman–Crippen LogP) is 2.93. The summed E-state index contributed by atoms with van der Waals surface area (Å²) in [5, 5.41) is 0. The lowest BCUT2D eigenvalue weighted by atomic mass is 10.1. The van der Waals surface area contributed by atoms with Gasteiger partial charge in [-0.25, -0.2) is 9.97 Å². The highest BCUT2D eigenvalue weighted by molar-refractivity contribution is 5.54. The standard InChI is InChI=1S/C16H21FN4/c1-12-3-7-20(8-4-12)15-14(17)16(19-11-18-15)21-9-5-13(2)6-10-21/h3,5,11H,4,6-10H2,1-2H3. The van der Waals surface area contributed by atoms with Gasteiger partial charge >= 0.3 is 0 Å². The molecule has 0 saturated carbocycles. The Hall–Kier alpha value is -1.91. The van der Waals surface area contributed by atoms with Gasteiger partial charge in [0.2, 0.25) is 5.82 Å². The average molecular weight is 288 g/mol. The Morgan fingerprint density at radius 2 is 1.38 bits per heavy atom. The molecule has 0 radical (unpaired) electrons. The van der Waals surface area contributed by atoms with Gasteiger partial charge in [-0.05, 0) is 26.7 Å². The number of rotatable bonds is 2. The zero-order chi connectivity index (χ0) is 14.8. The van der Waals surface area contributed by atoms with Crippen molar-refractivity contribution in [2.45, 2.75) is 26.7 Å². The molecule has 4 nitrogen and oxygen atoms in total. The second-order valence-electron chi connectivity index (χ2n) is 5.83. The van der Waals surface area contributed by atoms with Crippen molar-refractivity contribution in [3.8, 4) is 0 Å². The molecule has 0 unspecified atom stereocenters. The van der Waals surface area contributed by atoms with Crippen LogP contribution in [0.5, 0.6) is 0 Å². The first-order chi connectivity index (χ1) is 10.1. The summed E-state index contributed by atoms with van der Waals surface area (Å²) in [5.41, 5.74) is 2.72. The van der Waals surface area contributed by atoms with Crippen LogP contribution < -0.4 is 9.80 Å². The molecule has 2 aliphatic rings. The van der Waals surface area contributed by atoms with Crippen LogP contribution in [0, 0.1) is 5.82 Å². The predicted molar refractivity (Wildman–Crippen MR) is 83.2 cm³/mol. The Morgan fingerprint density at radius 1 is 0.905 bits per heavy atom. The highest BCUT2D eigenvalue weighted by Gasteiger charge is 2.22. The van der Waals surface area contributed by atoms with E-state index in [-0.39, 0.29) is 5.82 Å². The van der Waals surface area contributed by atoms with Crippen molar-refractivity contribution in [1.29, 1.82) is 0 Å². The molecule has 5 heteroatoms. The summed E-state index contributed by atoms with van der Waals surface area (Å²) in [7, 11) is 0. The second kappa shape index (κ2) is 5.84. The molecule has 3 heterocycles.